The number of aliphatic carboxylic acids is 1. The summed E-state index contributed by atoms with van der Waals surface area (Å²) in [5.41, 5.74) is 1.59. The van der Waals surface area contributed by atoms with Gasteiger partial charge in [0.15, 0.2) is 5.17 Å². The molecule has 1 aromatic carbocycles. The van der Waals surface area contributed by atoms with Crippen LogP contribution in [0.15, 0.2) is 59.9 Å². The molecular formula is C22H27N3O3S. The van der Waals surface area contributed by atoms with Crippen molar-refractivity contribution in [3.63, 3.8) is 0 Å². The molecule has 0 saturated carbocycles. The largest absolute Gasteiger partial charge is 0.480 e. The number of nitrogens with zero attached hydrogens (tertiary/aromatic N) is 3. The molecule has 6 nitrogen and oxygen atoms in total. The highest BCUT2D eigenvalue weighted by Gasteiger charge is 2.23. The zero-order chi connectivity index (χ0) is 21.3. The smallest absolute Gasteiger partial charge is 0.325 e. The summed E-state index contributed by atoms with van der Waals surface area (Å²) in [5.74, 6) is -0.682. The lowest BCUT2D eigenvalue weighted by Crippen LogP contribution is -2.31. The highest BCUT2D eigenvalue weighted by molar-refractivity contribution is 8.14. The van der Waals surface area contributed by atoms with Crippen LogP contribution in [0.4, 0.5) is 0 Å². The molecule has 0 fully saturated rings. The number of benzene rings is 1. The number of carbonyl (C=O) groups is 2. The fraction of sp³-hybridized carbons (Fsp3) is 0.364. The number of aromatic nitrogens is 1. The number of amidine groups is 1. The van der Waals surface area contributed by atoms with Crippen molar-refractivity contribution in [1.29, 1.82) is 0 Å². The van der Waals surface area contributed by atoms with Crippen molar-refractivity contribution in [2.24, 2.45) is 10.4 Å². The molecule has 0 aliphatic heterocycles. The normalized spacial score (nSPS) is 11.9. The zero-order valence-corrected chi connectivity index (χ0v) is 17.9. The van der Waals surface area contributed by atoms with E-state index >= 15 is 0 Å². The monoisotopic (exact) mass is 413 g/mol. The predicted molar refractivity (Wildman–Crippen MR) is 117 cm³/mol. The second kappa shape index (κ2) is 10.8. The van der Waals surface area contributed by atoms with Crippen LogP contribution in [0.5, 0.6) is 0 Å². The van der Waals surface area contributed by atoms with Crippen molar-refractivity contribution < 1.29 is 14.7 Å². The van der Waals surface area contributed by atoms with Gasteiger partial charge in [-0.15, -0.1) is 0 Å². The van der Waals surface area contributed by atoms with E-state index in [1.54, 1.807) is 12.4 Å². The third-order valence-corrected chi connectivity index (χ3v) is 5.15. The lowest BCUT2D eigenvalue weighted by atomic mass is 9.92. The minimum Gasteiger partial charge on any atom is -0.480 e. The molecule has 0 spiro atoms. The average molecular weight is 414 g/mol. The van der Waals surface area contributed by atoms with E-state index in [0.29, 0.717) is 18.3 Å². The minimum absolute atomic E-state index is 0.0894. The topological polar surface area (TPSA) is 82.9 Å². The molecule has 2 aromatic rings. The number of ketones is 1. The van der Waals surface area contributed by atoms with Gasteiger partial charge in [0.05, 0.1) is 5.75 Å². The molecule has 0 atom stereocenters. The van der Waals surface area contributed by atoms with Gasteiger partial charge in [-0.25, -0.2) is 0 Å². The van der Waals surface area contributed by atoms with Gasteiger partial charge in [-0.3, -0.25) is 19.6 Å². The summed E-state index contributed by atoms with van der Waals surface area (Å²) < 4.78 is 0. The molecule has 1 heterocycles. The van der Waals surface area contributed by atoms with E-state index in [1.807, 2.05) is 68.1 Å². The summed E-state index contributed by atoms with van der Waals surface area (Å²) in [7, 11) is 0. The van der Waals surface area contributed by atoms with E-state index < -0.39 is 11.4 Å². The summed E-state index contributed by atoms with van der Waals surface area (Å²) in [6.07, 6.45) is 3.49. The second-order valence-electron chi connectivity index (χ2n) is 7.66. The Labute approximate surface area is 176 Å². The summed E-state index contributed by atoms with van der Waals surface area (Å²) in [6, 6.07) is 13.7. The molecule has 0 radical (unpaired) electrons. The van der Waals surface area contributed by atoms with Gasteiger partial charge in [-0.2, -0.15) is 0 Å². The average Bonchev–Trinajstić information content (AvgIpc) is 2.68. The third kappa shape index (κ3) is 8.07. The lowest BCUT2D eigenvalue weighted by molar-refractivity contribution is -0.135. The van der Waals surface area contributed by atoms with Gasteiger partial charge in [-0.1, -0.05) is 68.9 Å². The fourth-order valence-corrected chi connectivity index (χ4v) is 3.59. The highest BCUT2D eigenvalue weighted by atomic mass is 32.2. The third-order valence-electron chi connectivity index (χ3n) is 4.10. The maximum absolute atomic E-state index is 12.4. The summed E-state index contributed by atoms with van der Waals surface area (Å²) in [5, 5.41) is 9.66. The predicted octanol–water partition coefficient (Wildman–Crippen LogP) is 3.87. The number of hydrogen-bond donors (Lipinski definition) is 1. The van der Waals surface area contributed by atoms with Crippen molar-refractivity contribution in [3.05, 3.63) is 66.0 Å². The first-order chi connectivity index (χ1) is 13.8. The number of aliphatic imine (C=N–C) groups is 1. The van der Waals surface area contributed by atoms with Crippen LogP contribution >= 0.6 is 11.8 Å². The van der Waals surface area contributed by atoms with Gasteiger partial charge >= 0.3 is 5.97 Å². The molecule has 29 heavy (non-hydrogen) atoms. The second-order valence-corrected chi connectivity index (χ2v) is 8.60. The number of thioether (sulfide) groups is 1. The maximum Gasteiger partial charge on any atom is 0.325 e. The van der Waals surface area contributed by atoms with E-state index in [4.69, 9.17) is 5.11 Å². The Morgan fingerprint density at radius 1 is 1.07 bits per heavy atom. The summed E-state index contributed by atoms with van der Waals surface area (Å²) in [4.78, 5) is 34.0. The van der Waals surface area contributed by atoms with Crippen LogP contribution in [-0.2, 0) is 22.7 Å². The van der Waals surface area contributed by atoms with E-state index in [1.165, 1.54) is 11.8 Å². The molecule has 154 valence electrons. The molecule has 2 rings (SSSR count). The number of Topliss-reactive ketones (excluding diaryl/α,β-unsaturated/α-hetero) is 1. The van der Waals surface area contributed by atoms with E-state index in [0.717, 1.165) is 11.1 Å². The molecule has 0 unspecified atom stereocenters. The number of carbonyl (C=O) groups excluding carboxylic acids is 1. The maximum atomic E-state index is 12.4. The zero-order valence-electron chi connectivity index (χ0n) is 17.0. The Hall–Kier alpha value is -2.67. The standard InChI is InChI=1S/C22H27N3O3S/c1-22(2,3)19(26)16-29-21(24-13-20(27)28)25(14-17-8-5-4-6-9-17)15-18-10-7-11-23-12-18/h4-12H,13-16H2,1-3H3,(H,27,28). The molecule has 1 aromatic heterocycles. The summed E-state index contributed by atoms with van der Waals surface area (Å²) >= 11 is 1.29. The number of pyridine rings is 1. The van der Waals surface area contributed by atoms with Crippen LogP contribution in [0, 0.1) is 5.41 Å². The van der Waals surface area contributed by atoms with Gasteiger partial charge in [0.1, 0.15) is 12.3 Å². The Morgan fingerprint density at radius 2 is 1.72 bits per heavy atom. The van der Waals surface area contributed by atoms with Crippen molar-refractivity contribution in [2.45, 2.75) is 33.9 Å². The molecule has 0 amide bonds. The van der Waals surface area contributed by atoms with Crippen molar-refractivity contribution >= 4 is 28.7 Å². The van der Waals surface area contributed by atoms with E-state index in [2.05, 4.69) is 9.98 Å². The van der Waals surface area contributed by atoms with Gasteiger partial charge in [0.25, 0.3) is 0 Å². The quantitative estimate of drug-likeness (QED) is 0.522. The molecule has 1 N–H and O–H groups in total. The Kier molecular flexibility index (Phi) is 8.39. The SMILES string of the molecule is CC(C)(C)C(=O)CSC(=NCC(=O)O)N(Cc1ccccc1)Cc1cccnc1. The molecule has 0 saturated heterocycles. The van der Waals surface area contributed by atoms with Gasteiger partial charge in [-0.05, 0) is 17.2 Å². The highest BCUT2D eigenvalue weighted by Crippen LogP contribution is 2.22. The molecule has 7 heteroatoms. The van der Waals surface area contributed by atoms with Gasteiger partial charge in [0.2, 0.25) is 0 Å². The first kappa shape index (κ1) is 22.6. The number of carboxylic acid groups (broad SMARTS) is 1. The van der Waals surface area contributed by atoms with Crippen LogP contribution in [0.2, 0.25) is 0 Å². The van der Waals surface area contributed by atoms with Crippen LogP contribution in [-0.4, -0.2) is 44.2 Å². The fourth-order valence-electron chi connectivity index (χ4n) is 2.43. The van der Waals surface area contributed by atoms with Crippen molar-refractivity contribution in [2.75, 3.05) is 12.3 Å². The Morgan fingerprint density at radius 3 is 2.31 bits per heavy atom. The molecular weight excluding hydrogens is 386 g/mol. The Balaban J connectivity index is 2.29. The first-order valence-electron chi connectivity index (χ1n) is 9.36. The number of rotatable bonds is 8. The van der Waals surface area contributed by atoms with Crippen LogP contribution in [0.25, 0.3) is 0 Å². The van der Waals surface area contributed by atoms with Crippen LogP contribution in [0.3, 0.4) is 0 Å². The van der Waals surface area contributed by atoms with Crippen molar-refractivity contribution in [1.82, 2.24) is 9.88 Å². The lowest BCUT2D eigenvalue weighted by Gasteiger charge is -2.26. The van der Waals surface area contributed by atoms with Gasteiger partial charge < -0.3 is 10.0 Å². The van der Waals surface area contributed by atoms with Crippen molar-refractivity contribution in [3.8, 4) is 0 Å². The minimum atomic E-state index is -1.01. The van der Waals surface area contributed by atoms with E-state index in [9.17, 15) is 9.59 Å². The first-order valence-corrected chi connectivity index (χ1v) is 10.3. The number of carboxylic acids is 1. The van der Waals surface area contributed by atoms with Crippen LogP contribution < -0.4 is 0 Å². The van der Waals surface area contributed by atoms with Gasteiger partial charge in [0, 0.05) is 30.9 Å². The molecule has 0 bridgehead atoms. The molecule has 0 aliphatic carbocycles. The summed E-state index contributed by atoms with van der Waals surface area (Å²) in [6.45, 7) is 6.34. The molecule has 0 aliphatic rings. The van der Waals surface area contributed by atoms with E-state index in [-0.39, 0.29) is 18.1 Å². The number of hydrogen-bond acceptors (Lipinski definition) is 5. The Bertz CT molecular complexity index is 792. The van der Waals surface area contributed by atoms with Crippen LogP contribution in [0.1, 0.15) is 31.9 Å².